The number of carbonyl (C=O) groups is 1. The van der Waals surface area contributed by atoms with Crippen molar-refractivity contribution in [2.45, 2.75) is 59.8 Å². The Labute approximate surface area is 100 Å². The summed E-state index contributed by atoms with van der Waals surface area (Å²) in [5, 5.41) is 3.12. The summed E-state index contributed by atoms with van der Waals surface area (Å²) in [7, 11) is 0. The SMILES string of the molecule is CC(C(=O)NCC1CCCCC1)C(C)(C)C. The molecule has 0 spiro atoms. The van der Waals surface area contributed by atoms with Crippen molar-refractivity contribution < 1.29 is 4.79 Å². The van der Waals surface area contributed by atoms with Gasteiger partial charge in [-0.1, -0.05) is 47.0 Å². The molecule has 1 amide bonds. The van der Waals surface area contributed by atoms with Gasteiger partial charge in [0, 0.05) is 12.5 Å². The van der Waals surface area contributed by atoms with Crippen molar-refractivity contribution in [1.82, 2.24) is 5.32 Å². The van der Waals surface area contributed by atoms with Crippen LogP contribution in [0.2, 0.25) is 0 Å². The van der Waals surface area contributed by atoms with Crippen molar-refractivity contribution in [3.63, 3.8) is 0 Å². The Bertz CT molecular complexity index is 223. The van der Waals surface area contributed by atoms with Gasteiger partial charge in [-0.25, -0.2) is 0 Å². The van der Waals surface area contributed by atoms with Crippen LogP contribution in [-0.4, -0.2) is 12.5 Å². The normalized spacial score (nSPS) is 20.5. The van der Waals surface area contributed by atoms with E-state index in [0.29, 0.717) is 0 Å². The van der Waals surface area contributed by atoms with Crippen molar-refractivity contribution >= 4 is 5.91 Å². The minimum absolute atomic E-state index is 0.0661. The predicted octanol–water partition coefficient (Wildman–Crippen LogP) is 3.37. The highest BCUT2D eigenvalue weighted by molar-refractivity contribution is 5.78. The molecule has 0 heterocycles. The lowest BCUT2D eigenvalue weighted by Crippen LogP contribution is -2.38. The van der Waals surface area contributed by atoms with Crippen molar-refractivity contribution in [1.29, 1.82) is 0 Å². The molecule has 1 aliphatic rings. The summed E-state index contributed by atoms with van der Waals surface area (Å²) < 4.78 is 0. The largest absolute Gasteiger partial charge is 0.356 e. The van der Waals surface area contributed by atoms with Gasteiger partial charge in [-0.15, -0.1) is 0 Å². The van der Waals surface area contributed by atoms with E-state index in [-0.39, 0.29) is 17.2 Å². The van der Waals surface area contributed by atoms with E-state index >= 15 is 0 Å². The number of hydrogen-bond acceptors (Lipinski definition) is 1. The summed E-state index contributed by atoms with van der Waals surface area (Å²) >= 11 is 0. The van der Waals surface area contributed by atoms with Gasteiger partial charge in [0.05, 0.1) is 0 Å². The molecule has 1 N–H and O–H groups in total. The lowest BCUT2D eigenvalue weighted by atomic mass is 9.81. The topological polar surface area (TPSA) is 29.1 Å². The fourth-order valence-electron chi connectivity index (χ4n) is 2.18. The summed E-state index contributed by atoms with van der Waals surface area (Å²) in [6.07, 6.45) is 6.65. The molecule has 2 nitrogen and oxygen atoms in total. The average molecular weight is 225 g/mol. The van der Waals surface area contributed by atoms with Gasteiger partial charge in [-0.05, 0) is 24.2 Å². The Hall–Kier alpha value is -0.530. The number of amides is 1. The van der Waals surface area contributed by atoms with Crippen LogP contribution >= 0.6 is 0 Å². The number of carbonyl (C=O) groups excluding carboxylic acids is 1. The Kier molecular flexibility index (Phi) is 4.82. The lowest BCUT2D eigenvalue weighted by Gasteiger charge is -2.28. The van der Waals surface area contributed by atoms with Gasteiger partial charge in [0.1, 0.15) is 0 Å². The Morgan fingerprint density at radius 2 is 1.81 bits per heavy atom. The third-order valence-electron chi connectivity index (χ3n) is 3.98. The van der Waals surface area contributed by atoms with Gasteiger partial charge in [-0.3, -0.25) is 4.79 Å². The molecular weight excluding hydrogens is 198 g/mol. The molecule has 1 rings (SSSR count). The first-order valence-corrected chi connectivity index (χ1v) is 6.69. The van der Waals surface area contributed by atoms with Gasteiger partial charge in [0.2, 0.25) is 5.91 Å². The molecule has 1 fully saturated rings. The van der Waals surface area contributed by atoms with E-state index in [0.717, 1.165) is 12.5 Å². The van der Waals surface area contributed by atoms with Crippen LogP contribution < -0.4 is 5.32 Å². The van der Waals surface area contributed by atoms with E-state index in [1.54, 1.807) is 0 Å². The smallest absolute Gasteiger partial charge is 0.223 e. The second-order valence-electron chi connectivity index (χ2n) is 6.34. The van der Waals surface area contributed by atoms with Crippen LogP contribution in [0.1, 0.15) is 59.8 Å². The molecule has 0 aromatic heterocycles. The maximum Gasteiger partial charge on any atom is 0.223 e. The Morgan fingerprint density at radius 3 is 2.31 bits per heavy atom. The van der Waals surface area contributed by atoms with E-state index < -0.39 is 0 Å². The standard InChI is InChI=1S/C14H27NO/c1-11(14(2,3)4)13(16)15-10-12-8-6-5-7-9-12/h11-12H,5-10H2,1-4H3,(H,15,16). The second kappa shape index (κ2) is 5.70. The second-order valence-corrected chi connectivity index (χ2v) is 6.34. The van der Waals surface area contributed by atoms with E-state index in [9.17, 15) is 4.79 Å². The van der Waals surface area contributed by atoms with Crippen LogP contribution in [0.3, 0.4) is 0 Å². The molecule has 94 valence electrons. The molecular formula is C14H27NO. The van der Waals surface area contributed by atoms with Gasteiger partial charge in [0.25, 0.3) is 0 Å². The highest BCUT2D eigenvalue weighted by atomic mass is 16.1. The van der Waals surface area contributed by atoms with Gasteiger partial charge in [-0.2, -0.15) is 0 Å². The summed E-state index contributed by atoms with van der Waals surface area (Å²) in [6.45, 7) is 9.28. The molecule has 0 aromatic carbocycles. The van der Waals surface area contributed by atoms with Crippen molar-refractivity contribution in [2.24, 2.45) is 17.3 Å². The first-order chi connectivity index (χ1) is 7.41. The third-order valence-corrected chi connectivity index (χ3v) is 3.98. The zero-order valence-electron chi connectivity index (χ0n) is 11.3. The molecule has 1 aliphatic carbocycles. The van der Waals surface area contributed by atoms with Crippen molar-refractivity contribution in [3.8, 4) is 0 Å². The summed E-state index contributed by atoms with van der Waals surface area (Å²) in [6, 6.07) is 0. The van der Waals surface area contributed by atoms with Gasteiger partial charge < -0.3 is 5.32 Å². The zero-order chi connectivity index (χ0) is 12.2. The Balaban J connectivity index is 2.29. The molecule has 16 heavy (non-hydrogen) atoms. The summed E-state index contributed by atoms with van der Waals surface area (Å²) in [5.74, 6) is 1.04. The maximum atomic E-state index is 11.9. The molecule has 0 saturated heterocycles. The first kappa shape index (κ1) is 13.5. The molecule has 0 bridgehead atoms. The molecule has 0 aliphatic heterocycles. The lowest BCUT2D eigenvalue weighted by molar-refractivity contribution is -0.127. The minimum atomic E-state index is 0.0661. The number of hydrogen-bond donors (Lipinski definition) is 1. The Morgan fingerprint density at radius 1 is 1.25 bits per heavy atom. The molecule has 0 aromatic rings. The molecule has 1 unspecified atom stereocenters. The van der Waals surface area contributed by atoms with E-state index in [4.69, 9.17) is 0 Å². The molecule has 2 heteroatoms. The quantitative estimate of drug-likeness (QED) is 0.784. The van der Waals surface area contributed by atoms with E-state index in [2.05, 4.69) is 26.1 Å². The minimum Gasteiger partial charge on any atom is -0.356 e. The first-order valence-electron chi connectivity index (χ1n) is 6.69. The molecule has 1 saturated carbocycles. The van der Waals surface area contributed by atoms with Crippen molar-refractivity contribution in [2.75, 3.05) is 6.54 Å². The van der Waals surface area contributed by atoms with Crippen LogP contribution in [0.5, 0.6) is 0 Å². The number of nitrogens with one attached hydrogen (secondary N) is 1. The van der Waals surface area contributed by atoms with Crippen molar-refractivity contribution in [3.05, 3.63) is 0 Å². The fraction of sp³-hybridized carbons (Fsp3) is 0.929. The molecule has 0 radical (unpaired) electrons. The van der Waals surface area contributed by atoms with Crippen LogP contribution in [0, 0.1) is 17.3 Å². The fourth-order valence-corrected chi connectivity index (χ4v) is 2.18. The van der Waals surface area contributed by atoms with Crippen LogP contribution in [0.4, 0.5) is 0 Å². The van der Waals surface area contributed by atoms with E-state index in [1.807, 2.05) is 6.92 Å². The van der Waals surface area contributed by atoms with Gasteiger partial charge in [0.15, 0.2) is 0 Å². The third kappa shape index (κ3) is 4.15. The van der Waals surface area contributed by atoms with Gasteiger partial charge >= 0.3 is 0 Å². The average Bonchev–Trinajstić information content (AvgIpc) is 2.25. The monoisotopic (exact) mass is 225 g/mol. The number of rotatable bonds is 3. The van der Waals surface area contributed by atoms with Crippen LogP contribution in [0.15, 0.2) is 0 Å². The molecule has 1 atom stereocenters. The summed E-state index contributed by atoms with van der Waals surface area (Å²) in [5.41, 5.74) is 0.0661. The summed E-state index contributed by atoms with van der Waals surface area (Å²) in [4.78, 5) is 11.9. The van der Waals surface area contributed by atoms with Crippen LogP contribution in [-0.2, 0) is 4.79 Å². The van der Waals surface area contributed by atoms with Crippen LogP contribution in [0.25, 0.3) is 0 Å². The van der Waals surface area contributed by atoms with E-state index in [1.165, 1.54) is 32.1 Å². The highest BCUT2D eigenvalue weighted by Crippen LogP contribution is 2.26. The highest BCUT2D eigenvalue weighted by Gasteiger charge is 2.27. The predicted molar refractivity (Wildman–Crippen MR) is 68.2 cm³/mol. The maximum absolute atomic E-state index is 11.9. The zero-order valence-corrected chi connectivity index (χ0v) is 11.3.